The SMILES string of the molecule is C[C@@H]1O[C@@H](OC[C@H]2O[C@@H](OC3=C(c4ccc(O)c(O)c4)O[C@]4(O)C=C(O)C=C(O)C4=C3)[C@H](O)[C@@H](O)[C@@H]2O)[C@H](O)[C@H](O)[C@H]1O. The van der Waals surface area contributed by atoms with Crippen LogP contribution in [0.5, 0.6) is 11.5 Å². The summed E-state index contributed by atoms with van der Waals surface area (Å²) < 4.78 is 28.0. The van der Waals surface area contributed by atoms with E-state index in [2.05, 4.69) is 0 Å². The molecule has 0 bridgehead atoms. The standard InChI is InChI=1S/C27H32O16/c1-9-18(32)20(34)22(36)25(40-9)39-8-17-19(33)21(35)23(37)26(42-17)41-16-6-12-14(30)5-11(28)7-27(12,38)43-24(16)10-2-3-13(29)15(31)4-10/h2-7,9,17-23,25-26,28-38H,8H2,1H3/t9-,17+,18-,19+,20+,21-,22+,23+,25+,26+,27+/m0/s1. The number of rotatable bonds is 6. The highest BCUT2D eigenvalue weighted by Crippen LogP contribution is 2.43. The Morgan fingerprint density at radius 3 is 2.16 bits per heavy atom. The van der Waals surface area contributed by atoms with Crippen LogP contribution in [0.25, 0.3) is 5.76 Å². The molecule has 0 spiro atoms. The topological polar surface area (TPSA) is 269 Å². The van der Waals surface area contributed by atoms with Crippen LogP contribution in [0.4, 0.5) is 0 Å². The van der Waals surface area contributed by atoms with Crippen molar-refractivity contribution < 1.29 is 79.9 Å². The number of hydrogen-bond donors (Lipinski definition) is 11. The molecule has 0 saturated carbocycles. The molecule has 1 aliphatic carbocycles. The largest absolute Gasteiger partial charge is 0.508 e. The van der Waals surface area contributed by atoms with Crippen molar-refractivity contribution in [2.45, 2.75) is 74.1 Å². The van der Waals surface area contributed by atoms with Gasteiger partial charge in [0.05, 0.1) is 18.3 Å². The van der Waals surface area contributed by atoms with Crippen molar-refractivity contribution in [1.29, 1.82) is 0 Å². The maximum Gasteiger partial charge on any atom is 0.262 e. The highest BCUT2D eigenvalue weighted by Gasteiger charge is 2.49. The summed E-state index contributed by atoms with van der Waals surface area (Å²) in [4.78, 5) is 0. The van der Waals surface area contributed by atoms with Crippen LogP contribution in [0.1, 0.15) is 12.5 Å². The lowest BCUT2D eigenvalue weighted by Crippen LogP contribution is -2.61. The Labute approximate surface area is 243 Å². The minimum atomic E-state index is -2.42. The first-order chi connectivity index (χ1) is 20.2. The molecule has 1 aromatic carbocycles. The fourth-order valence-electron chi connectivity index (χ4n) is 4.96. The molecule has 4 aliphatic rings. The number of benzene rings is 1. The van der Waals surface area contributed by atoms with Gasteiger partial charge in [0.15, 0.2) is 29.3 Å². The molecule has 2 saturated heterocycles. The molecule has 0 unspecified atom stereocenters. The number of allylic oxidation sites excluding steroid dienone is 2. The Kier molecular flexibility index (Phi) is 8.36. The Bertz CT molecular complexity index is 1350. The summed E-state index contributed by atoms with van der Waals surface area (Å²) in [6.07, 6.45) is -12.9. The number of fused-ring (bicyclic) bond motifs is 1. The second-order valence-electron chi connectivity index (χ2n) is 10.5. The molecule has 11 N–H and O–H groups in total. The van der Waals surface area contributed by atoms with E-state index in [4.69, 9.17) is 23.7 Å². The van der Waals surface area contributed by atoms with Gasteiger partial charge in [0.25, 0.3) is 5.79 Å². The third-order valence-electron chi connectivity index (χ3n) is 7.43. The van der Waals surface area contributed by atoms with Crippen molar-refractivity contribution in [3.05, 3.63) is 64.8 Å². The predicted octanol–water partition coefficient (Wildman–Crippen LogP) is -2.02. The van der Waals surface area contributed by atoms with Gasteiger partial charge in [-0.3, -0.25) is 0 Å². The summed E-state index contributed by atoms with van der Waals surface area (Å²) in [6, 6.07) is 3.42. The molecule has 3 heterocycles. The average molecular weight is 613 g/mol. The molecule has 43 heavy (non-hydrogen) atoms. The van der Waals surface area contributed by atoms with Crippen molar-refractivity contribution in [2.75, 3.05) is 6.61 Å². The highest BCUT2D eigenvalue weighted by molar-refractivity contribution is 5.70. The lowest BCUT2D eigenvalue weighted by atomic mass is 9.93. The first-order valence-electron chi connectivity index (χ1n) is 13.1. The average Bonchev–Trinajstić information content (AvgIpc) is 2.95. The molecule has 3 aliphatic heterocycles. The number of aliphatic hydroxyl groups is 9. The zero-order valence-electron chi connectivity index (χ0n) is 22.4. The zero-order valence-corrected chi connectivity index (χ0v) is 22.4. The first kappa shape index (κ1) is 31.0. The van der Waals surface area contributed by atoms with E-state index in [1.807, 2.05) is 0 Å². The molecular weight excluding hydrogens is 580 g/mol. The van der Waals surface area contributed by atoms with E-state index in [0.717, 1.165) is 30.4 Å². The number of hydrogen-bond acceptors (Lipinski definition) is 16. The van der Waals surface area contributed by atoms with Crippen LogP contribution in [0.3, 0.4) is 0 Å². The molecule has 236 valence electrons. The van der Waals surface area contributed by atoms with Crippen LogP contribution < -0.4 is 0 Å². The Morgan fingerprint density at radius 1 is 0.791 bits per heavy atom. The fraction of sp³-hybridized carbons (Fsp3) is 0.481. The molecule has 0 aromatic heterocycles. The summed E-state index contributed by atoms with van der Waals surface area (Å²) in [5.74, 6) is -5.30. The monoisotopic (exact) mass is 612 g/mol. The van der Waals surface area contributed by atoms with Crippen LogP contribution in [0.15, 0.2) is 59.3 Å². The Morgan fingerprint density at radius 2 is 1.47 bits per heavy atom. The highest BCUT2D eigenvalue weighted by atomic mass is 16.7. The number of aliphatic hydroxyl groups excluding tert-OH is 8. The Hall–Kier alpha value is -3.42. The van der Waals surface area contributed by atoms with E-state index in [0.29, 0.717) is 0 Å². The number of phenols is 2. The second-order valence-corrected chi connectivity index (χ2v) is 10.5. The first-order valence-corrected chi connectivity index (χ1v) is 13.1. The number of phenolic OH excluding ortho intramolecular Hbond substituents is 2. The molecule has 11 atom stereocenters. The van der Waals surface area contributed by atoms with E-state index < -0.39 is 96.8 Å². The minimum absolute atomic E-state index is 0.0139. The van der Waals surface area contributed by atoms with E-state index in [-0.39, 0.29) is 22.7 Å². The van der Waals surface area contributed by atoms with E-state index in [9.17, 15) is 56.2 Å². The Balaban J connectivity index is 1.43. The van der Waals surface area contributed by atoms with Gasteiger partial charge in [0, 0.05) is 17.7 Å². The van der Waals surface area contributed by atoms with Crippen LogP contribution in [-0.4, -0.2) is 130 Å². The third kappa shape index (κ3) is 5.77. The van der Waals surface area contributed by atoms with Gasteiger partial charge >= 0.3 is 0 Å². The molecular formula is C27H32O16. The van der Waals surface area contributed by atoms with Gasteiger partial charge in [-0.05, 0) is 31.2 Å². The van der Waals surface area contributed by atoms with E-state index in [1.54, 1.807) is 0 Å². The van der Waals surface area contributed by atoms with Gasteiger partial charge in [-0.25, -0.2) is 0 Å². The normalized spacial score (nSPS) is 39.7. The zero-order chi connectivity index (χ0) is 31.4. The summed E-state index contributed by atoms with van der Waals surface area (Å²) in [7, 11) is 0. The van der Waals surface area contributed by atoms with Crippen molar-refractivity contribution in [2.24, 2.45) is 0 Å². The van der Waals surface area contributed by atoms with Gasteiger partial charge in [-0.2, -0.15) is 0 Å². The summed E-state index contributed by atoms with van der Waals surface area (Å²) in [5, 5.41) is 113. The molecule has 16 heteroatoms. The number of aromatic hydroxyl groups is 2. The van der Waals surface area contributed by atoms with Crippen LogP contribution in [0, 0.1) is 0 Å². The number of ether oxygens (including phenoxy) is 5. The van der Waals surface area contributed by atoms with Gasteiger partial charge in [0.1, 0.15) is 54.2 Å². The summed E-state index contributed by atoms with van der Waals surface area (Å²) >= 11 is 0. The van der Waals surface area contributed by atoms with Crippen molar-refractivity contribution in [1.82, 2.24) is 0 Å². The molecule has 0 radical (unpaired) electrons. The van der Waals surface area contributed by atoms with Gasteiger partial charge < -0.3 is 79.9 Å². The van der Waals surface area contributed by atoms with Gasteiger partial charge in [0.2, 0.25) is 6.29 Å². The van der Waals surface area contributed by atoms with Gasteiger partial charge in [-0.1, -0.05) is 0 Å². The van der Waals surface area contributed by atoms with E-state index in [1.165, 1.54) is 13.0 Å². The van der Waals surface area contributed by atoms with Crippen LogP contribution in [-0.2, 0) is 23.7 Å². The summed E-state index contributed by atoms with van der Waals surface area (Å²) in [6.45, 7) is 0.869. The van der Waals surface area contributed by atoms with Crippen LogP contribution >= 0.6 is 0 Å². The molecule has 0 amide bonds. The predicted molar refractivity (Wildman–Crippen MR) is 138 cm³/mol. The lowest BCUT2D eigenvalue weighted by molar-refractivity contribution is -0.323. The minimum Gasteiger partial charge on any atom is -0.508 e. The van der Waals surface area contributed by atoms with E-state index >= 15 is 0 Å². The third-order valence-corrected chi connectivity index (χ3v) is 7.43. The smallest absolute Gasteiger partial charge is 0.262 e. The van der Waals surface area contributed by atoms with Crippen molar-refractivity contribution >= 4 is 5.76 Å². The van der Waals surface area contributed by atoms with Crippen molar-refractivity contribution in [3.63, 3.8) is 0 Å². The van der Waals surface area contributed by atoms with Crippen LogP contribution in [0.2, 0.25) is 0 Å². The molecule has 2 fully saturated rings. The lowest BCUT2D eigenvalue weighted by Gasteiger charge is -2.43. The molecule has 1 aromatic rings. The molecule has 5 rings (SSSR count). The van der Waals surface area contributed by atoms with Crippen molar-refractivity contribution in [3.8, 4) is 11.5 Å². The summed E-state index contributed by atoms with van der Waals surface area (Å²) in [5.41, 5.74) is -0.295. The maximum atomic E-state index is 11.1. The molecule has 16 nitrogen and oxygen atoms in total. The maximum absolute atomic E-state index is 11.1. The van der Waals surface area contributed by atoms with Gasteiger partial charge in [-0.15, -0.1) is 0 Å². The fourth-order valence-corrected chi connectivity index (χ4v) is 4.96. The quantitative estimate of drug-likeness (QED) is 0.155. The second kappa shape index (κ2) is 11.6.